The Bertz CT molecular complexity index is 1680. The largest absolute Gasteiger partial charge is 0.505 e. The highest BCUT2D eigenvalue weighted by molar-refractivity contribution is 6.22. The van der Waals surface area contributed by atoms with Crippen molar-refractivity contribution < 1.29 is 39.0 Å². The fourth-order valence-electron chi connectivity index (χ4n) is 6.35. The number of allylic oxidation sites excluding steroid dienone is 1. The highest BCUT2D eigenvalue weighted by Gasteiger charge is 2.55. The highest BCUT2D eigenvalue weighted by atomic mass is 19.1. The summed E-state index contributed by atoms with van der Waals surface area (Å²) in [6.07, 6.45) is 2.67. The number of amides is 2. The first-order chi connectivity index (χ1) is 21.6. The van der Waals surface area contributed by atoms with E-state index < -0.39 is 58.8 Å². The number of imide groups is 1. The first kappa shape index (κ1) is 31.6. The Morgan fingerprint density at radius 3 is 2.64 bits per heavy atom. The van der Waals surface area contributed by atoms with E-state index in [1.165, 1.54) is 37.4 Å². The molecule has 1 aliphatic heterocycles. The number of rotatable bonds is 11. The summed E-state index contributed by atoms with van der Waals surface area (Å²) in [6.45, 7) is -0.474. The van der Waals surface area contributed by atoms with Gasteiger partial charge in [-0.3, -0.25) is 24.7 Å². The number of carbonyl (C=O) groups is 2. The Labute approximate surface area is 258 Å². The lowest BCUT2D eigenvalue weighted by molar-refractivity contribution is -0.384. The first-order valence-electron chi connectivity index (χ1n) is 14.4. The third kappa shape index (κ3) is 6.39. The average molecular weight is 618 g/mol. The molecule has 1 aliphatic carbocycles. The van der Waals surface area contributed by atoms with Crippen LogP contribution in [0.1, 0.15) is 30.5 Å². The van der Waals surface area contributed by atoms with E-state index in [0.29, 0.717) is 28.0 Å². The molecular formula is C33H32FN3O8. The van der Waals surface area contributed by atoms with Crippen LogP contribution in [0.15, 0.2) is 78.0 Å². The maximum absolute atomic E-state index is 14.1. The molecule has 5 rings (SSSR count). The van der Waals surface area contributed by atoms with Crippen molar-refractivity contribution >= 4 is 34.8 Å². The van der Waals surface area contributed by atoms with Crippen LogP contribution >= 0.6 is 0 Å². The maximum Gasteiger partial charge on any atom is 0.271 e. The number of phenolic OH excluding ortho intramolecular Hbond substituents is 1. The predicted molar refractivity (Wildman–Crippen MR) is 162 cm³/mol. The number of methoxy groups -OCH3 is 1. The minimum atomic E-state index is -1.15. The number of carbonyl (C=O) groups excluding carboxylic acids is 2. The monoisotopic (exact) mass is 617 g/mol. The van der Waals surface area contributed by atoms with E-state index in [9.17, 15) is 39.4 Å². The first-order valence-corrected chi connectivity index (χ1v) is 14.4. The summed E-state index contributed by atoms with van der Waals surface area (Å²) in [5.74, 6) is -5.13. The molecule has 2 aliphatic rings. The van der Waals surface area contributed by atoms with Crippen molar-refractivity contribution in [1.29, 1.82) is 0 Å². The topological polar surface area (TPSA) is 163 Å². The smallest absolute Gasteiger partial charge is 0.271 e. The highest BCUT2D eigenvalue weighted by Crippen LogP contribution is 2.47. The number of benzene rings is 2. The number of aromatic hydroxyl groups is 1. The van der Waals surface area contributed by atoms with Gasteiger partial charge in [-0.25, -0.2) is 9.29 Å². The number of fused-ring (bicyclic) bond motifs is 1. The molecule has 11 nitrogen and oxygen atoms in total. The van der Waals surface area contributed by atoms with Crippen LogP contribution in [-0.2, 0) is 14.3 Å². The number of phenols is 1. The minimum absolute atomic E-state index is 0.0557. The van der Waals surface area contributed by atoms with Crippen LogP contribution in [0.5, 0.6) is 5.75 Å². The fraction of sp³-hybridized carbons (Fsp3) is 0.303. The number of ether oxygens (including phenoxy) is 1. The Kier molecular flexibility index (Phi) is 9.47. The van der Waals surface area contributed by atoms with E-state index in [4.69, 9.17) is 4.74 Å². The third-order valence-electron chi connectivity index (χ3n) is 8.35. The third-order valence-corrected chi connectivity index (χ3v) is 8.35. The van der Waals surface area contributed by atoms with Crippen molar-refractivity contribution in [3.05, 3.63) is 105 Å². The summed E-state index contributed by atoms with van der Waals surface area (Å²) in [7, 11) is 1.47. The number of aliphatic hydroxyl groups excluding tert-OH is 2. The Morgan fingerprint density at radius 1 is 1.18 bits per heavy atom. The lowest BCUT2D eigenvalue weighted by atomic mass is 9.68. The van der Waals surface area contributed by atoms with Gasteiger partial charge < -0.3 is 20.1 Å². The lowest BCUT2D eigenvalue weighted by Crippen LogP contribution is -2.39. The van der Waals surface area contributed by atoms with Crippen LogP contribution in [0.3, 0.4) is 0 Å². The fourth-order valence-corrected chi connectivity index (χ4v) is 6.35. The summed E-state index contributed by atoms with van der Waals surface area (Å²) < 4.78 is 19.5. The Hall–Kier alpha value is -4.78. The summed E-state index contributed by atoms with van der Waals surface area (Å²) in [5, 5.41) is 43.1. The number of hydrogen-bond acceptors (Lipinski definition) is 9. The van der Waals surface area contributed by atoms with Gasteiger partial charge in [0, 0.05) is 31.4 Å². The molecule has 3 N–H and O–H groups in total. The van der Waals surface area contributed by atoms with Gasteiger partial charge in [0.2, 0.25) is 11.8 Å². The molecule has 12 heteroatoms. The second-order valence-corrected chi connectivity index (χ2v) is 11.1. The quantitative estimate of drug-likeness (QED) is 0.123. The number of aliphatic hydroxyl groups is 2. The van der Waals surface area contributed by atoms with Crippen molar-refractivity contribution in [3.63, 3.8) is 0 Å². The molecule has 0 radical (unpaired) electrons. The molecule has 0 unspecified atom stereocenters. The van der Waals surface area contributed by atoms with Crippen molar-refractivity contribution in [2.75, 3.05) is 25.2 Å². The SMILES string of the molecule is COCC1=C([C@H](O)CC/C(=C/c2ccc(O)c(F)c2)c2ccccn2)[C@H](CO)[C@@H]2C(=O)N(c3cccc([N+](=O)[O-])c3)C(=O)[C@@H]2C1. The molecule has 0 bridgehead atoms. The molecule has 2 amide bonds. The number of aromatic nitrogens is 1. The van der Waals surface area contributed by atoms with Gasteiger partial charge in [-0.2, -0.15) is 0 Å². The van der Waals surface area contributed by atoms with Crippen molar-refractivity contribution in [1.82, 2.24) is 4.98 Å². The van der Waals surface area contributed by atoms with Crippen molar-refractivity contribution in [2.45, 2.75) is 25.4 Å². The van der Waals surface area contributed by atoms with Gasteiger partial charge in [0.1, 0.15) is 0 Å². The van der Waals surface area contributed by atoms with Crippen LogP contribution in [-0.4, -0.2) is 63.5 Å². The van der Waals surface area contributed by atoms with E-state index in [1.807, 2.05) is 0 Å². The van der Waals surface area contributed by atoms with E-state index in [2.05, 4.69) is 4.98 Å². The molecule has 2 aromatic carbocycles. The number of anilines is 1. The maximum atomic E-state index is 14.1. The number of nitro benzene ring substituents is 1. The second kappa shape index (κ2) is 13.5. The number of non-ortho nitro benzene ring substituents is 1. The number of nitrogens with zero attached hydrogens (tertiary/aromatic N) is 3. The zero-order valence-corrected chi connectivity index (χ0v) is 24.4. The van der Waals surface area contributed by atoms with Crippen LogP contribution in [0.2, 0.25) is 0 Å². The molecule has 0 saturated carbocycles. The van der Waals surface area contributed by atoms with Crippen molar-refractivity contribution in [2.24, 2.45) is 17.8 Å². The van der Waals surface area contributed by atoms with Gasteiger partial charge >= 0.3 is 0 Å². The van der Waals surface area contributed by atoms with Gasteiger partial charge in [0.05, 0.1) is 47.5 Å². The zero-order chi connectivity index (χ0) is 32.2. The molecule has 234 valence electrons. The average Bonchev–Trinajstić information content (AvgIpc) is 3.29. The molecule has 1 aromatic heterocycles. The van der Waals surface area contributed by atoms with Gasteiger partial charge in [-0.15, -0.1) is 0 Å². The lowest BCUT2D eigenvalue weighted by Gasteiger charge is -2.36. The van der Waals surface area contributed by atoms with Gasteiger partial charge in [0.25, 0.3) is 5.69 Å². The van der Waals surface area contributed by atoms with E-state index in [0.717, 1.165) is 11.0 Å². The van der Waals surface area contributed by atoms with E-state index >= 15 is 0 Å². The summed E-state index contributed by atoms with van der Waals surface area (Å²) in [5.41, 5.74) is 2.54. The Balaban J connectivity index is 1.45. The van der Waals surface area contributed by atoms with Crippen LogP contribution in [0.4, 0.5) is 15.8 Å². The van der Waals surface area contributed by atoms with E-state index in [1.54, 1.807) is 36.5 Å². The molecule has 4 atom stereocenters. The number of pyridine rings is 1. The number of nitro groups is 1. The standard InChI is InChI=1S/C33H32FN3O8/c1-45-18-21-15-24-31(33(42)36(32(24)41)22-5-4-6-23(16-22)37(43)44)25(17-38)30(21)29(40)11-9-20(27-7-2-3-12-35-27)13-19-8-10-28(39)26(34)14-19/h2-8,10,12-14,16,24-25,29,31,38-40H,9,11,15,17-18H2,1H3/b20-13-/t24-,25+,29-,31-/m1/s1. The molecule has 3 aromatic rings. The summed E-state index contributed by atoms with van der Waals surface area (Å²) in [6, 6.07) is 14.6. The van der Waals surface area contributed by atoms with Gasteiger partial charge in [0.15, 0.2) is 11.6 Å². The van der Waals surface area contributed by atoms with Crippen molar-refractivity contribution in [3.8, 4) is 5.75 Å². The molecule has 45 heavy (non-hydrogen) atoms. The minimum Gasteiger partial charge on any atom is -0.505 e. The second-order valence-electron chi connectivity index (χ2n) is 11.1. The summed E-state index contributed by atoms with van der Waals surface area (Å²) >= 11 is 0. The molecule has 0 spiro atoms. The van der Waals surface area contributed by atoms with Crippen LogP contribution in [0, 0.1) is 33.7 Å². The Morgan fingerprint density at radius 2 is 1.98 bits per heavy atom. The van der Waals surface area contributed by atoms with Gasteiger partial charge in [-0.05, 0) is 78.0 Å². The molecule has 1 saturated heterocycles. The van der Waals surface area contributed by atoms with Crippen LogP contribution < -0.4 is 4.90 Å². The number of halogens is 1. The number of hydrogen-bond donors (Lipinski definition) is 3. The summed E-state index contributed by atoms with van der Waals surface area (Å²) in [4.78, 5) is 43.4. The predicted octanol–water partition coefficient (Wildman–Crippen LogP) is 4.28. The zero-order valence-electron chi connectivity index (χ0n) is 24.4. The molecule has 1 fully saturated rings. The molecule has 2 heterocycles. The molecular weight excluding hydrogens is 585 g/mol. The van der Waals surface area contributed by atoms with Crippen LogP contribution in [0.25, 0.3) is 11.6 Å². The van der Waals surface area contributed by atoms with Gasteiger partial charge in [-0.1, -0.05) is 18.2 Å². The van der Waals surface area contributed by atoms with E-state index in [-0.39, 0.29) is 37.2 Å². The normalized spacial score (nSPS) is 20.8.